The van der Waals surface area contributed by atoms with E-state index in [1.165, 1.54) is 0 Å². The summed E-state index contributed by atoms with van der Waals surface area (Å²) < 4.78 is 0. The topological polar surface area (TPSA) is 67.2 Å². The lowest BCUT2D eigenvalue weighted by Crippen LogP contribution is -2.11. The number of anilines is 2. The Morgan fingerprint density at radius 3 is 2.69 bits per heavy atom. The highest BCUT2D eigenvalue weighted by atomic mass is 32.2. The van der Waals surface area contributed by atoms with Crippen molar-refractivity contribution in [1.82, 2.24) is 9.97 Å². The Balaban J connectivity index is 2.28. The molecule has 1 aliphatic rings. The smallest absolute Gasteiger partial charge is 0.222 e. The summed E-state index contributed by atoms with van der Waals surface area (Å²) in [7, 11) is 0. The van der Waals surface area contributed by atoms with E-state index in [9.17, 15) is 0 Å². The van der Waals surface area contributed by atoms with Crippen LogP contribution in [0.5, 0.6) is 0 Å². The first-order valence-electron chi connectivity index (χ1n) is 5.31. The lowest BCUT2D eigenvalue weighted by atomic mass is 10.2. The van der Waals surface area contributed by atoms with Gasteiger partial charge in [-0.15, -0.1) is 5.10 Å². The fraction of sp³-hybridized carbons (Fsp3) is 0.500. The van der Waals surface area contributed by atoms with Crippen LogP contribution in [0.25, 0.3) is 0 Å². The normalized spacial score (nSPS) is 13.9. The SMILES string of the molecule is CCSC1=NN1c1nc(N)nc(C)c1CC. The maximum Gasteiger partial charge on any atom is 0.222 e. The van der Waals surface area contributed by atoms with Crippen molar-refractivity contribution >= 4 is 28.7 Å². The van der Waals surface area contributed by atoms with E-state index >= 15 is 0 Å². The number of hydrogen-bond donors (Lipinski definition) is 1. The van der Waals surface area contributed by atoms with Crippen molar-refractivity contribution in [2.24, 2.45) is 5.10 Å². The van der Waals surface area contributed by atoms with E-state index in [1.807, 2.05) is 11.9 Å². The lowest BCUT2D eigenvalue weighted by Gasteiger charge is -2.10. The maximum atomic E-state index is 5.66. The number of aromatic nitrogens is 2. The van der Waals surface area contributed by atoms with Crippen LogP contribution in [0.2, 0.25) is 0 Å². The molecule has 0 aromatic carbocycles. The van der Waals surface area contributed by atoms with Crippen LogP contribution >= 0.6 is 11.8 Å². The zero-order chi connectivity index (χ0) is 11.7. The molecule has 2 N–H and O–H groups in total. The predicted octanol–water partition coefficient (Wildman–Crippen LogP) is 1.77. The van der Waals surface area contributed by atoms with Gasteiger partial charge in [0.15, 0.2) is 5.82 Å². The fourth-order valence-corrected chi connectivity index (χ4v) is 2.22. The van der Waals surface area contributed by atoms with Crippen LogP contribution in [0, 0.1) is 6.92 Å². The average molecular weight is 237 g/mol. The number of thioether (sulfide) groups is 1. The summed E-state index contributed by atoms with van der Waals surface area (Å²) in [5.41, 5.74) is 7.71. The number of nitrogens with two attached hydrogens (primary N) is 1. The molecule has 1 aromatic rings. The van der Waals surface area contributed by atoms with Crippen LogP contribution in [0.3, 0.4) is 0 Å². The van der Waals surface area contributed by atoms with E-state index in [1.54, 1.807) is 11.8 Å². The summed E-state index contributed by atoms with van der Waals surface area (Å²) >= 11 is 1.71. The highest BCUT2D eigenvalue weighted by Crippen LogP contribution is 2.32. The first-order valence-corrected chi connectivity index (χ1v) is 6.30. The molecule has 0 aliphatic carbocycles. The molecule has 0 unspecified atom stereocenters. The molecule has 0 bridgehead atoms. The second kappa shape index (κ2) is 4.29. The van der Waals surface area contributed by atoms with Gasteiger partial charge in [0.25, 0.3) is 0 Å². The molecule has 2 heterocycles. The van der Waals surface area contributed by atoms with Gasteiger partial charge in [0, 0.05) is 11.3 Å². The highest BCUT2D eigenvalue weighted by molar-refractivity contribution is 8.14. The van der Waals surface area contributed by atoms with Crippen LogP contribution in [0.4, 0.5) is 11.8 Å². The van der Waals surface area contributed by atoms with Gasteiger partial charge in [-0.2, -0.15) is 9.99 Å². The fourth-order valence-electron chi connectivity index (χ4n) is 1.61. The Labute approximate surface area is 99.1 Å². The Kier molecular flexibility index (Phi) is 3.00. The minimum Gasteiger partial charge on any atom is -0.368 e. The Morgan fingerprint density at radius 2 is 2.06 bits per heavy atom. The number of hydrogen-bond acceptors (Lipinski definition) is 6. The monoisotopic (exact) mass is 237 g/mol. The van der Waals surface area contributed by atoms with Crippen LogP contribution in [0.15, 0.2) is 5.10 Å². The van der Waals surface area contributed by atoms with Crippen molar-refractivity contribution in [3.05, 3.63) is 11.3 Å². The standard InChI is InChI=1S/C10H15N5S/c1-4-7-6(3)12-9(11)13-8(7)15-10(14-15)16-5-2/h4-5H2,1-3H3,(H2,11,12,13). The first-order chi connectivity index (χ1) is 7.67. The van der Waals surface area contributed by atoms with Gasteiger partial charge >= 0.3 is 0 Å². The molecule has 86 valence electrons. The van der Waals surface area contributed by atoms with Crippen molar-refractivity contribution in [2.75, 3.05) is 16.5 Å². The average Bonchev–Trinajstić information content (AvgIpc) is 2.96. The summed E-state index contributed by atoms with van der Waals surface area (Å²) in [6, 6.07) is 0. The molecule has 0 amide bonds. The summed E-state index contributed by atoms with van der Waals surface area (Å²) in [5, 5.41) is 7.13. The Morgan fingerprint density at radius 1 is 1.31 bits per heavy atom. The van der Waals surface area contributed by atoms with Gasteiger partial charge in [-0.1, -0.05) is 25.6 Å². The summed E-state index contributed by atoms with van der Waals surface area (Å²) in [6.45, 7) is 6.14. The van der Waals surface area contributed by atoms with Crippen LogP contribution in [0.1, 0.15) is 25.1 Å². The number of hydrazone groups is 1. The molecule has 0 saturated heterocycles. The highest BCUT2D eigenvalue weighted by Gasteiger charge is 2.30. The molecule has 0 saturated carbocycles. The van der Waals surface area contributed by atoms with E-state index in [4.69, 9.17) is 5.73 Å². The van der Waals surface area contributed by atoms with Crippen LogP contribution in [-0.4, -0.2) is 20.9 Å². The number of nitrogens with zero attached hydrogens (tertiary/aromatic N) is 4. The van der Waals surface area contributed by atoms with Gasteiger partial charge in [0.1, 0.15) is 0 Å². The molecular formula is C10H15N5S. The first kappa shape index (κ1) is 11.2. The Hall–Kier alpha value is -1.30. The minimum absolute atomic E-state index is 0.313. The van der Waals surface area contributed by atoms with E-state index in [2.05, 4.69) is 28.9 Å². The second-order valence-corrected chi connectivity index (χ2v) is 4.68. The zero-order valence-electron chi connectivity index (χ0n) is 9.69. The third kappa shape index (κ3) is 1.97. The van der Waals surface area contributed by atoms with Gasteiger partial charge < -0.3 is 5.73 Å². The molecule has 0 atom stereocenters. The van der Waals surface area contributed by atoms with Gasteiger partial charge in [0.05, 0.1) is 0 Å². The molecule has 0 fully saturated rings. The van der Waals surface area contributed by atoms with E-state index in [0.29, 0.717) is 5.95 Å². The molecule has 1 aromatic heterocycles. The van der Waals surface area contributed by atoms with Gasteiger partial charge in [-0.3, -0.25) is 0 Å². The van der Waals surface area contributed by atoms with Gasteiger partial charge in [-0.05, 0) is 19.1 Å². The number of aryl methyl sites for hydroxylation is 1. The van der Waals surface area contributed by atoms with Gasteiger partial charge in [-0.25, -0.2) is 4.98 Å². The van der Waals surface area contributed by atoms with Crippen molar-refractivity contribution in [3.8, 4) is 0 Å². The zero-order valence-corrected chi connectivity index (χ0v) is 10.5. The molecule has 6 heteroatoms. The molecule has 5 nitrogen and oxygen atoms in total. The third-order valence-corrected chi connectivity index (χ3v) is 3.17. The molecule has 16 heavy (non-hydrogen) atoms. The molecule has 2 rings (SSSR count). The third-order valence-electron chi connectivity index (χ3n) is 2.36. The lowest BCUT2D eigenvalue weighted by molar-refractivity contribution is 0.990. The molecule has 1 aliphatic heterocycles. The predicted molar refractivity (Wildman–Crippen MR) is 68.6 cm³/mol. The van der Waals surface area contributed by atoms with Crippen LogP contribution < -0.4 is 10.7 Å². The Bertz CT molecular complexity index is 443. The van der Waals surface area contributed by atoms with Crippen molar-refractivity contribution in [3.63, 3.8) is 0 Å². The van der Waals surface area contributed by atoms with E-state index in [0.717, 1.165) is 34.4 Å². The quantitative estimate of drug-likeness (QED) is 0.867. The number of amidine groups is 1. The second-order valence-electron chi connectivity index (χ2n) is 3.45. The minimum atomic E-state index is 0.313. The molecule has 0 radical (unpaired) electrons. The van der Waals surface area contributed by atoms with E-state index < -0.39 is 0 Å². The van der Waals surface area contributed by atoms with Crippen molar-refractivity contribution < 1.29 is 0 Å². The van der Waals surface area contributed by atoms with Crippen LogP contribution in [-0.2, 0) is 6.42 Å². The maximum absolute atomic E-state index is 5.66. The molecule has 0 spiro atoms. The summed E-state index contributed by atoms with van der Waals surface area (Å²) in [6.07, 6.45) is 0.886. The summed E-state index contributed by atoms with van der Waals surface area (Å²) in [5.74, 6) is 2.16. The molecular weight excluding hydrogens is 222 g/mol. The van der Waals surface area contributed by atoms with Crippen molar-refractivity contribution in [2.45, 2.75) is 27.2 Å². The summed E-state index contributed by atoms with van der Waals surface area (Å²) in [4.78, 5) is 8.43. The van der Waals surface area contributed by atoms with Crippen molar-refractivity contribution in [1.29, 1.82) is 0 Å². The largest absolute Gasteiger partial charge is 0.368 e. The number of nitrogen functional groups attached to an aromatic ring is 1. The van der Waals surface area contributed by atoms with Gasteiger partial charge in [0.2, 0.25) is 11.1 Å². The number of rotatable bonds is 3. The van der Waals surface area contributed by atoms with E-state index in [-0.39, 0.29) is 0 Å².